The second-order valence-electron chi connectivity index (χ2n) is 1.00. The zero-order valence-corrected chi connectivity index (χ0v) is 13.1. The van der Waals surface area contributed by atoms with Crippen molar-refractivity contribution in [3.63, 3.8) is 0 Å². The quantitative estimate of drug-likeness (QED) is 0.328. The van der Waals surface area contributed by atoms with Gasteiger partial charge >= 0.3 is 23.1 Å². The largest absolute Gasteiger partial charge is 2.00 e. The van der Waals surface area contributed by atoms with Gasteiger partial charge in [-0.25, -0.2) is 0 Å². The molecule has 0 fully saturated rings. The van der Waals surface area contributed by atoms with Crippen LogP contribution in [0.5, 0.6) is 0 Å². The van der Waals surface area contributed by atoms with E-state index < -0.39 is 18.1 Å². The molecule has 0 aromatic rings. The van der Waals surface area contributed by atoms with Gasteiger partial charge in [-0.3, -0.25) is 0 Å². The molecule has 0 saturated carbocycles. The summed E-state index contributed by atoms with van der Waals surface area (Å²) in [4.78, 5) is 68.6. The maximum absolute atomic E-state index is 8.58. The average Bonchev–Trinajstić information content (AvgIpc) is 1.12. The Morgan fingerprint density at radius 2 is 0.500 bits per heavy atom. The molecule has 8 nitrogen and oxygen atoms in total. The van der Waals surface area contributed by atoms with Gasteiger partial charge in [0, 0.05) is 31.1 Å². The van der Waals surface area contributed by atoms with Gasteiger partial charge in [-0.15, -0.1) is 0 Å². The Balaban J connectivity index is -0.0000000457. The van der Waals surface area contributed by atoms with Crippen LogP contribution in [-0.4, -0.2) is 41.1 Å². The van der Waals surface area contributed by atoms with E-state index in [1.807, 2.05) is 0 Å². The third kappa shape index (κ3) is 382. The Kier molecular flexibility index (Phi) is 18.7. The smallest absolute Gasteiger partial charge is 0.894 e. The van der Waals surface area contributed by atoms with E-state index in [0.29, 0.717) is 0 Å². The van der Waals surface area contributed by atoms with Crippen LogP contribution in [0, 0.1) is 31.1 Å². The van der Waals surface area contributed by atoms with Gasteiger partial charge in [-0.2, -0.15) is 0 Å². The zero-order chi connectivity index (χ0) is 9.00. The summed E-state index contributed by atoms with van der Waals surface area (Å²) in [6, 6.07) is 0. The zero-order valence-electron chi connectivity index (χ0n) is 5.47. The van der Waals surface area contributed by atoms with Crippen molar-refractivity contribution >= 4 is 41.1 Å². The standard InChI is InChI=1S/Mg.2O4Si.U/c;2*1-5(2,3)4;/q+2;2*-4;. The summed E-state index contributed by atoms with van der Waals surface area (Å²) in [5.74, 6) is 0. The molecule has 0 bridgehead atoms. The molecule has 0 aliphatic carbocycles. The first kappa shape index (κ1) is 23.6. The summed E-state index contributed by atoms with van der Waals surface area (Å²) >= 11 is 0. The summed E-state index contributed by atoms with van der Waals surface area (Å²) in [6.07, 6.45) is 0. The molecule has 0 heterocycles. The van der Waals surface area contributed by atoms with Crippen LogP contribution in [0.3, 0.4) is 0 Å². The van der Waals surface area contributed by atoms with Crippen molar-refractivity contribution in [2.24, 2.45) is 0 Å². The molecule has 0 aromatic carbocycles. The van der Waals surface area contributed by atoms with Crippen molar-refractivity contribution in [2.45, 2.75) is 0 Å². The maximum Gasteiger partial charge on any atom is 2.00 e. The van der Waals surface area contributed by atoms with Crippen LogP contribution in [0.4, 0.5) is 0 Å². The minimum absolute atomic E-state index is 0. The van der Waals surface area contributed by atoms with Crippen molar-refractivity contribution in [1.29, 1.82) is 0 Å². The fourth-order valence-electron chi connectivity index (χ4n) is 0. The van der Waals surface area contributed by atoms with Crippen molar-refractivity contribution in [1.82, 2.24) is 0 Å². The van der Waals surface area contributed by atoms with Crippen LogP contribution in [0.1, 0.15) is 0 Å². The molecule has 68 valence electrons. The van der Waals surface area contributed by atoms with Crippen molar-refractivity contribution < 1.29 is 69.5 Å². The second kappa shape index (κ2) is 9.49. The van der Waals surface area contributed by atoms with Crippen LogP contribution >= 0.6 is 0 Å². The van der Waals surface area contributed by atoms with Gasteiger partial charge in [-0.1, -0.05) is 0 Å². The molecule has 0 aliphatic heterocycles. The molecule has 0 unspecified atom stereocenters. The first-order valence-corrected chi connectivity index (χ1v) is 4.90. The van der Waals surface area contributed by atoms with E-state index in [9.17, 15) is 0 Å². The van der Waals surface area contributed by atoms with E-state index in [1.54, 1.807) is 0 Å². The molecule has 0 saturated heterocycles. The molecule has 0 atom stereocenters. The van der Waals surface area contributed by atoms with Gasteiger partial charge in [-0.05, 0) is 0 Å². The normalized spacial score (nSPS) is 10.0. The fourth-order valence-corrected chi connectivity index (χ4v) is 0. The molecule has 0 aromatic heterocycles. The van der Waals surface area contributed by atoms with E-state index in [0.717, 1.165) is 0 Å². The summed E-state index contributed by atoms with van der Waals surface area (Å²) in [5, 5.41) is 0. The monoisotopic (exact) mass is 446 g/mol. The number of hydrogen-bond acceptors (Lipinski definition) is 8. The number of rotatable bonds is 0. The van der Waals surface area contributed by atoms with Crippen LogP contribution in [-0.2, 0) is 0 Å². The van der Waals surface area contributed by atoms with Crippen molar-refractivity contribution in [2.75, 3.05) is 0 Å². The molecule has 0 N–H and O–H groups in total. The van der Waals surface area contributed by atoms with Gasteiger partial charge in [0.25, 0.3) is 0 Å². The van der Waals surface area contributed by atoms with Crippen LogP contribution in [0.25, 0.3) is 0 Å². The van der Waals surface area contributed by atoms with Crippen LogP contribution in [0.15, 0.2) is 0 Å². The van der Waals surface area contributed by atoms with Crippen molar-refractivity contribution in [3.05, 3.63) is 0 Å². The molecule has 0 amide bonds. The van der Waals surface area contributed by atoms with E-state index >= 15 is 0 Å². The molecule has 12 heteroatoms. The SMILES string of the molecule is [Mg+2].[O-][Si]([O-])([O-])[O-].[O-][Si]([O-])([O-])[O-].[U]. The molecule has 12 heavy (non-hydrogen) atoms. The van der Waals surface area contributed by atoms with Crippen LogP contribution in [0.2, 0.25) is 0 Å². The molecule has 0 rings (SSSR count). The first-order chi connectivity index (χ1) is 4.00. The molecule has 0 radical (unpaired) electrons. The van der Waals surface area contributed by atoms with Crippen molar-refractivity contribution in [3.8, 4) is 0 Å². The Morgan fingerprint density at radius 1 is 0.500 bits per heavy atom. The number of hydrogen-bond donors (Lipinski definition) is 0. The first-order valence-electron chi connectivity index (χ1n) is 1.63. The molecular weight excluding hydrogens is 446 g/mol. The van der Waals surface area contributed by atoms with E-state index in [4.69, 9.17) is 38.4 Å². The van der Waals surface area contributed by atoms with Gasteiger partial charge < -0.3 is 56.5 Å². The predicted octanol–water partition coefficient (Wildman–Crippen LogP) is -10.7. The molecular formula is MgO8Si2U-6. The second-order valence-corrected chi connectivity index (χ2v) is 3.00. The topological polar surface area (TPSA) is 184 Å². The Bertz CT molecular complexity index is 60.0. The average molecular weight is 446 g/mol. The van der Waals surface area contributed by atoms with E-state index in [2.05, 4.69) is 0 Å². The van der Waals surface area contributed by atoms with Gasteiger partial charge in [0.2, 0.25) is 0 Å². The van der Waals surface area contributed by atoms with E-state index in [1.165, 1.54) is 0 Å². The third-order valence-corrected chi connectivity index (χ3v) is 0. The molecule has 0 spiro atoms. The minimum Gasteiger partial charge on any atom is -0.894 e. The van der Waals surface area contributed by atoms with Gasteiger partial charge in [0.05, 0.1) is 0 Å². The summed E-state index contributed by atoms with van der Waals surface area (Å²) < 4.78 is 0. The Hall–Kier alpha value is 1.93. The Labute approximate surface area is 110 Å². The summed E-state index contributed by atoms with van der Waals surface area (Å²) in [5.41, 5.74) is 0. The third-order valence-electron chi connectivity index (χ3n) is 0. The summed E-state index contributed by atoms with van der Waals surface area (Å²) in [6.45, 7) is 0. The summed E-state index contributed by atoms with van der Waals surface area (Å²) in [7, 11) is -11.2. The van der Waals surface area contributed by atoms with Crippen LogP contribution < -0.4 is 38.4 Å². The van der Waals surface area contributed by atoms with Gasteiger partial charge in [0.15, 0.2) is 0 Å². The maximum atomic E-state index is 8.58. The minimum atomic E-state index is -5.61. The predicted molar refractivity (Wildman–Crippen MR) is 17.3 cm³/mol. The Morgan fingerprint density at radius 3 is 0.500 bits per heavy atom. The van der Waals surface area contributed by atoms with Gasteiger partial charge in [0.1, 0.15) is 0 Å². The fraction of sp³-hybridized carbons (Fsp3) is 0. The molecule has 0 aliphatic rings. The van der Waals surface area contributed by atoms with E-state index in [-0.39, 0.29) is 54.2 Å².